The van der Waals surface area contributed by atoms with E-state index in [9.17, 15) is 5.11 Å². The van der Waals surface area contributed by atoms with Gasteiger partial charge in [0.05, 0.1) is 12.6 Å². The lowest BCUT2D eigenvalue weighted by Gasteiger charge is -2.21. The van der Waals surface area contributed by atoms with E-state index < -0.39 is 0 Å². The van der Waals surface area contributed by atoms with Crippen LogP contribution in [0, 0.1) is 13.8 Å². The average Bonchev–Trinajstić information content (AvgIpc) is 2.69. The highest BCUT2D eigenvalue weighted by atomic mass is 32.1. The zero-order valence-electron chi connectivity index (χ0n) is 12.0. The van der Waals surface area contributed by atoms with Crippen LogP contribution in [0.2, 0.25) is 0 Å². The second-order valence-electron chi connectivity index (χ2n) is 4.58. The summed E-state index contributed by atoms with van der Waals surface area (Å²) in [6, 6.07) is 2.26. The van der Waals surface area contributed by atoms with Gasteiger partial charge in [-0.25, -0.2) is 0 Å². The molecule has 0 amide bonds. The highest BCUT2D eigenvalue weighted by molar-refractivity contribution is 7.12. The summed E-state index contributed by atoms with van der Waals surface area (Å²) in [6.07, 6.45) is 0. The molecule has 0 aliphatic carbocycles. The van der Waals surface area contributed by atoms with Crippen molar-refractivity contribution in [3.05, 3.63) is 21.4 Å². The van der Waals surface area contributed by atoms with Crippen LogP contribution in [0.4, 0.5) is 0 Å². The third kappa shape index (κ3) is 4.35. The highest BCUT2D eigenvalue weighted by Gasteiger charge is 2.14. The van der Waals surface area contributed by atoms with E-state index in [0.717, 1.165) is 26.2 Å². The molecular weight excluding hydrogens is 244 g/mol. The van der Waals surface area contributed by atoms with Crippen LogP contribution in [-0.2, 0) is 0 Å². The molecule has 0 radical (unpaired) electrons. The molecule has 1 aromatic rings. The first kappa shape index (κ1) is 15.6. The Hall–Kier alpha value is -0.420. The Bertz CT molecular complexity index is 348. The summed E-state index contributed by atoms with van der Waals surface area (Å²) in [5.41, 5.74) is 1.25. The number of hydrogen-bond acceptors (Lipinski definition) is 4. The van der Waals surface area contributed by atoms with E-state index in [1.165, 1.54) is 15.3 Å². The van der Waals surface area contributed by atoms with Crippen molar-refractivity contribution >= 4 is 11.3 Å². The van der Waals surface area contributed by atoms with Gasteiger partial charge >= 0.3 is 0 Å². The van der Waals surface area contributed by atoms with Crippen LogP contribution in [0.5, 0.6) is 0 Å². The van der Waals surface area contributed by atoms with E-state index >= 15 is 0 Å². The standard InChI is InChI=1S/C14H26N2OS/c1-5-16(6-2)8-7-15-14(10-17)13-9-11(3)18-12(13)4/h9,14-15,17H,5-8,10H2,1-4H3. The third-order valence-electron chi connectivity index (χ3n) is 3.35. The fourth-order valence-electron chi connectivity index (χ4n) is 2.21. The van der Waals surface area contributed by atoms with Gasteiger partial charge in [0.1, 0.15) is 0 Å². The van der Waals surface area contributed by atoms with Crippen LogP contribution < -0.4 is 5.32 Å². The molecular formula is C14H26N2OS. The molecule has 2 N–H and O–H groups in total. The third-order valence-corrected chi connectivity index (χ3v) is 4.33. The summed E-state index contributed by atoms with van der Waals surface area (Å²) < 4.78 is 0. The Labute approximate surface area is 115 Å². The van der Waals surface area contributed by atoms with Crippen LogP contribution in [-0.4, -0.2) is 42.8 Å². The Morgan fingerprint density at radius 3 is 2.44 bits per heavy atom. The van der Waals surface area contributed by atoms with Crippen molar-refractivity contribution in [2.45, 2.75) is 33.7 Å². The van der Waals surface area contributed by atoms with Crippen LogP contribution in [0.15, 0.2) is 6.07 Å². The summed E-state index contributed by atoms with van der Waals surface area (Å²) in [5.74, 6) is 0. The van der Waals surface area contributed by atoms with E-state index in [1.807, 2.05) is 0 Å². The largest absolute Gasteiger partial charge is 0.394 e. The maximum Gasteiger partial charge on any atom is 0.0626 e. The molecule has 0 saturated carbocycles. The maximum atomic E-state index is 9.52. The molecule has 0 aromatic carbocycles. The minimum Gasteiger partial charge on any atom is -0.394 e. The molecule has 3 nitrogen and oxygen atoms in total. The van der Waals surface area contributed by atoms with Crippen molar-refractivity contribution in [3.8, 4) is 0 Å². The van der Waals surface area contributed by atoms with E-state index in [-0.39, 0.29) is 12.6 Å². The Morgan fingerprint density at radius 1 is 1.33 bits per heavy atom. The highest BCUT2D eigenvalue weighted by Crippen LogP contribution is 2.26. The van der Waals surface area contributed by atoms with Crippen molar-refractivity contribution < 1.29 is 5.11 Å². The number of nitrogens with one attached hydrogen (secondary N) is 1. The van der Waals surface area contributed by atoms with E-state index in [1.54, 1.807) is 11.3 Å². The number of hydrogen-bond donors (Lipinski definition) is 2. The summed E-state index contributed by atoms with van der Waals surface area (Å²) in [4.78, 5) is 5.00. The molecule has 0 aliphatic heterocycles. The number of thiophene rings is 1. The molecule has 0 fully saturated rings. The SMILES string of the molecule is CCN(CC)CCNC(CO)c1cc(C)sc1C. The summed E-state index contributed by atoms with van der Waals surface area (Å²) in [5, 5.41) is 13.0. The zero-order valence-corrected chi connectivity index (χ0v) is 12.8. The Morgan fingerprint density at radius 2 is 2.00 bits per heavy atom. The summed E-state index contributed by atoms with van der Waals surface area (Å²) in [7, 11) is 0. The topological polar surface area (TPSA) is 35.5 Å². The molecule has 1 heterocycles. The average molecular weight is 270 g/mol. The minimum atomic E-state index is 0.0745. The number of aliphatic hydroxyl groups excluding tert-OH is 1. The monoisotopic (exact) mass is 270 g/mol. The van der Waals surface area contributed by atoms with Crippen molar-refractivity contribution in [3.63, 3.8) is 0 Å². The van der Waals surface area contributed by atoms with Crippen LogP contribution in [0.3, 0.4) is 0 Å². The van der Waals surface area contributed by atoms with Crippen molar-refractivity contribution in [1.29, 1.82) is 0 Å². The predicted octanol–water partition coefficient (Wildman–Crippen LogP) is 2.33. The van der Waals surface area contributed by atoms with Gasteiger partial charge in [0.25, 0.3) is 0 Å². The number of aryl methyl sites for hydroxylation is 2. The van der Waals surface area contributed by atoms with Crippen molar-refractivity contribution in [2.24, 2.45) is 0 Å². The molecule has 18 heavy (non-hydrogen) atoms. The molecule has 0 spiro atoms. The summed E-state index contributed by atoms with van der Waals surface area (Å²) >= 11 is 1.80. The molecule has 4 heteroatoms. The first-order valence-electron chi connectivity index (χ1n) is 6.75. The second-order valence-corrected chi connectivity index (χ2v) is 6.05. The lowest BCUT2D eigenvalue weighted by atomic mass is 10.1. The molecule has 0 aliphatic rings. The van der Waals surface area contributed by atoms with E-state index in [2.05, 4.69) is 44.0 Å². The van der Waals surface area contributed by atoms with Gasteiger partial charge in [-0.3, -0.25) is 0 Å². The Kier molecular flexibility index (Phi) is 6.86. The van der Waals surface area contributed by atoms with Gasteiger partial charge in [-0.05, 0) is 38.6 Å². The summed E-state index contributed by atoms with van der Waals surface area (Å²) in [6.45, 7) is 12.9. The minimum absolute atomic E-state index is 0.0745. The Balaban J connectivity index is 2.50. The lowest BCUT2D eigenvalue weighted by Crippen LogP contribution is -2.34. The van der Waals surface area contributed by atoms with E-state index in [0.29, 0.717) is 0 Å². The van der Waals surface area contributed by atoms with E-state index in [4.69, 9.17) is 0 Å². The maximum absolute atomic E-state index is 9.52. The first-order chi connectivity index (χ1) is 8.62. The van der Waals surface area contributed by atoms with Gasteiger partial charge < -0.3 is 15.3 Å². The van der Waals surface area contributed by atoms with Gasteiger partial charge in [-0.2, -0.15) is 0 Å². The van der Waals surface area contributed by atoms with Gasteiger partial charge in [-0.1, -0.05) is 13.8 Å². The quantitative estimate of drug-likeness (QED) is 0.761. The molecule has 1 atom stereocenters. The van der Waals surface area contributed by atoms with Gasteiger partial charge in [-0.15, -0.1) is 11.3 Å². The normalized spacial score (nSPS) is 13.2. The molecule has 0 saturated heterocycles. The molecule has 0 bridgehead atoms. The number of rotatable bonds is 8. The lowest BCUT2D eigenvalue weighted by molar-refractivity contribution is 0.233. The van der Waals surface area contributed by atoms with Gasteiger partial charge in [0, 0.05) is 22.8 Å². The first-order valence-corrected chi connectivity index (χ1v) is 7.57. The van der Waals surface area contributed by atoms with Gasteiger partial charge in [0.2, 0.25) is 0 Å². The molecule has 1 unspecified atom stereocenters. The fraction of sp³-hybridized carbons (Fsp3) is 0.714. The number of aliphatic hydroxyl groups is 1. The van der Waals surface area contributed by atoms with Gasteiger partial charge in [0.15, 0.2) is 0 Å². The predicted molar refractivity (Wildman–Crippen MR) is 79.4 cm³/mol. The van der Waals surface area contributed by atoms with Crippen molar-refractivity contribution in [1.82, 2.24) is 10.2 Å². The van der Waals surface area contributed by atoms with Crippen LogP contribution in [0.1, 0.15) is 35.2 Å². The smallest absolute Gasteiger partial charge is 0.0626 e. The zero-order chi connectivity index (χ0) is 13.5. The molecule has 1 aromatic heterocycles. The molecule has 104 valence electrons. The van der Waals surface area contributed by atoms with Crippen molar-refractivity contribution in [2.75, 3.05) is 32.8 Å². The fourth-order valence-corrected chi connectivity index (χ4v) is 3.19. The van der Waals surface area contributed by atoms with Crippen LogP contribution in [0.25, 0.3) is 0 Å². The number of likely N-dealkylation sites (N-methyl/N-ethyl adjacent to an activating group) is 1. The number of nitrogens with zero attached hydrogens (tertiary/aromatic N) is 1. The van der Waals surface area contributed by atoms with Crippen LogP contribution >= 0.6 is 11.3 Å². The second kappa shape index (κ2) is 7.89. The molecule has 1 rings (SSSR count).